The topological polar surface area (TPSA) is 67.4 Å². The van der Waals surface area contributed by atoms with Gasteiger partial charge in [-0.15, -0.1) is 0 Å². The van der Waals surface area contributed by atoms with Gasteiger partial charge in [-0.2, -0.15) is 0 Å². The summed E-state index contributed by atoms with van der Waals surface area (Å²) in [6, 6.07) is 0. The number of hydrogen-bond acceptors (Lipinski definition) is 4. The zero-order valence-corrected chi connectivity index (χ0v) is 7.05. The molecule has 2 rings (SSSR count). The first kappa shape index (κ1) is 8.10. The molecule has 2 saturated heterocycles. The molecule has 0 aromatic rings. The molecule has 1 amide bonds. The molecule has 70 valence electrons. The van der Waals surface area contributed by atoms with Crippen LogP contribution in [0.25, 0.3) is 0 Å². The molecule has 0 saturated carbocycles. The zero-order chi connectivity index (χ0) is 9.26. The van der Waals surface area contributed by atoms with Gasteiger partial charge in [0.1, 0.15) is 5.70 Å². The van der Waals surface area contributed by atoms with Crippen LogP contribution in [0, 0.1) is 0 Å². The van der Waals surface area contributed by atoms with Gasteiger partial charge in [-0.1, -0.05) is 0 Å². The van der Waals surface area contributed by atoms with Crippen molar-refractivity contribution < 1.29 is 14.3 Å². The summed E-state index contributed by atoms with van der Waals surface area (Å²) in [6.45, 7) is 1.65. The number of cyclic esters (lactones) is 1. The van der Waals surface area contributed by atoms with E-state index in [1.54, 1.807) is 0 Å². The van der Waals surface area contributed by atoms with E-state index < -0.39 is 0 Å². The molecule has 0 spiro atoms. The van der Waals surface area contributed by atoms with Crippen molar-refractivity contribution in [2.45, 2.75) is 6.42 Å². The monoisotopic (exact) mass is 182 g/mol. The number of rotatable bonds is 0. The molecule has 13 heavy (non-hydrogen) atoms. The van der Waals surface area contributed by atoms with Crippen molar-refractivity contribution in [2.24, 2.45) is 0 Å². The van der Waals surface area contributed by atoms with E-state index >= 15 is 0 Å². The molecule has 2 fully saturated rings. The van der Waals surface area contributed by atoms with E-state index in [1.807, 2.05) is 0 Å². The van der Waals surface area contributed by atoms with Gasteiger partial charge >= 0.3 is 5.97 Å². The normalized spacial score (nSPS) is 28.0. The third kappa shape index (κ3) is 1.37. The minimum Gasteiger partial charge on any atom is -0.462 e. The van der Waals surface area contributed by atoms with E-state index in [0.717, 1.165) is 0 Å². The highest BCUT2D eigenvalue weighted by Gasteiger charge is 2.27. The molecule has 2 N–H and O–H groups in total. The molecule has 0 aromatic carbocycles. The van der Waals surface area contributed by atoms with Gasteiger partial charge in [0.15, 0.2) is 0 Å². The lowest BCUT2D eigenvalue weighted by molar-refractivity contribution is -0.135. The Kier molecular flexibility index (Phi) is 1.92. The number of piperazine rings is 1. The number of esters is 1. The molecule has 2 aliphatic rings. The van der Waals surface area contributed by atoms with Gasteiger partial charge in [-0.3, -0.25) is 4.79 Å². The lowest BCUT2D eigenvalue weighted by atomic mass is 10.1. The average molecular weight is 182 g/mol. The van der Waals surface area contributed by atoms with Crippen LogP contribution in [0.1, 0.15) is 6.42 Å². The van der Waals surface area contributed by atoms with E-state index in [4.69, 9.17) is 4.74 Å². The summed E-state index contributed by atoms with van der Waals surface area (Å²) >= 11 is 0. The minimum absolute atomic E-state index is 0.208. The van der Waals surface area contributed by atoms with Crippen molar-refractivity contribution in [1.29, 1.82) is 0 Å². The fourth-order valence-corrected chi connectivity index (χ4v) is 1.44. The first-order valence-corrected chi connectivity index (χ1v) is 4.21. The third-order valence-electron chi connectivity index (χ3n) is 2.07. The Labute approximate surface area is 75.1 Å². The van der Waals surface area contributed by atoms with Crippen molar-refractivity contribution in [3.63, 3.8) is 0 Å². The molecule has 0 atom stereocenters. The highest BCUT2D eigenvalue weighted by molar-refractivity contribution is 6.03. The largest absolute Gasteiger partial charge is 0.462 e. The molecule has 0 unspecified atom stereocenters. The molecule has 0 bridgehead atoms. The van der Waals surface area contributed by atoms with Gasteiger partial charge in [0.05, 0.1) is 12.2 Å². The maximum absolute atomic E-state index is 11.3. The Balaban J connectivity index is 2.29. The van der Waals surface area contributed by atoms with Crippen molar-refractivity contribution in [3.8, 4) is 0 Å². The molecule has 2 heterocycles. The van der Waals surface area contributed by atoms with Crippen molar-refractivity contribution in [1.82, 2.24) is 10.6 Å². The summed E-state index contributed by atoms with van der Waals surface area (Å²) in [5.74, 6) is -0.584. The standard InChI is InChI=1S/C8H10N2O3/c11-7-6(9-2-3-10-7)5-1-4-13-8(5)12/h9H,1-4H2,(H,10,11)/b6-5+. The van der Waals surface area contributed by atoms with Crippen LogP contribution in [0.15, 0.2) is 11.3 Å². The smallest absolute Gasteiger partial charge is 0.336 e. The Hall–Kier alpha value is -1.52. The van der Waals surface area contributed by atoms with Crippen LogP contribution in [0.2, 0.25) is 0 Å². The summed E-state index contributed by atoms with van der Waals surface area (Å²) in [7, 11) is 0. The van der Waals surface area contributed by atoms with E-state index in [-0.39, 0.29) is 11.9 Å². The van der Waals surface area contributed by atoms with Crippen LogP contribution in [-0.2, 0) is 14.3 Å². The van der Waals surface area contributed by atoms with E-state index in [2.05, 4.69) is 10.6 Å². The predicted molar refractivity (Wildman–Crippen MR) is 43.6 cm³/mol. The molecular formula is C8H10N2O3. The fraction of sp³-hybridized carbons (Fsp3) is 0.500. The maximum atomic E-state index is 11.3. The van der Waals surface area contributed by atoms with Gasteiger partial charge in [0.2, 0.25) is 0 Å². The molecule has 0 radical (unpaired) electrons. The Morgan fingerprint density at radius 2 is 1.92 bits per heavy atom. The average Bonchev–Trinajstić information content (AvgIpc) is 2.52. The first-order chi connectivity index (χ1) is 6.29. The quantitative estimate of drug-likeness (QED) is 0.369. The lowest BCUT2D eigenvalue weighted by Gasteiger charge is -2.18. The summed E-state index contributed by atoms with van der Waals surface area (Å²) in [5, 5.41) is 5.57. The van der Waals surface area contributed by atoms with Crippen LogP contribution >= 0.6 is 0 Å². The number of hydrogen-bond donors (Lipinski definition) is 2. The maximum Gasteiger partial charge on any atom is 0.336 e. The summed E-state index contributed by atoms with van der Waals surface area (Å²) in [5.41, 5.74) is 0.853. The molecule has 0 aromatic heterocycles. The number of nitrogens with one attached hydrogen (secondary N) is 2. The first-order valence-electron chi connectivity index (χ1n) is 4.21. The second kappa shape index (κ2) is 3.08. The van der Waals surface area contributed by atoms with Gasteiger partial charge in [0.25, 0.3) is 5.91 Å². The third-order valence-corrected chi connectivity index (χ3v) is 2.07. The number of amides is 1. The molecule has 5 heteroatoms. The van der Waals surface area contributed by atoms with E-state index in [0.29, 0.717) is 37.4 Å². The van der Waals surface area contributed by atoms with Crippen LogP contribution in [-0.4, -0.2) is 31.6 Å². The van der Waals surface area contributed by atoms with E-state index in [9.17, 15) is 9.59 Å². The number of carbonyl (C=O) groups is 2. The molecular weight excluding hydrogens is 172 g/mol. The van der Waals surface area contributed by atoms with Crippen LogP contribution < -0.4 is 10.6 Å². The molecule has 0 aliphatic carbocycles. The predicted octanol–water partition coefficient (Wildman–Crippen LogP) is -1.09. The molecule has 5 nitrogen and oxygen atoms in total. The molecule has 2 aliphatic heterocycles. The summed E-state index contributed by atoms with van der Waals surface area (Å²) < 4.78 is 4.75. The van der Waals surface area contributed by atoms with Crippen LogP contribution in [0.5, 0.6) is 0 Å². The van der Waals surface area contributed by atoms with Gasteiger partial charge in [0, 0.05) is 19.5 Å². The zero-order valence-electron chi connectivity index (χ0n) is 7.05. The second-order valence-electron chi connectivity index (χ2n) is 2.92. The van der Waals surface area contributed by atoms with Gasteiger partial charge in [-0.05, 0) is 0 Å². The lowest BCUT2D eigenvalue weighted by Crippen LogP contribution is -2.44. The van der Waals surface area contributed by atoms with Crippen molar-refractivity contribution >= 4 is 11.9 Å². The Bertz CT molecular complexity index is 296. The highest BCUT2D eigenvalue weighted by atomic mass is 16.5. The summed E-state index contributed by atoms with van der Waals surface area (Å²) in [6.07, 6.45) is 0.522. The highest BCUT2D eigenvalue weighted by Crippen LogP contribution is 2.17. The SMILES string of the molecule is O=C1OCC/C1=C1\NCCNC1=O. The number of carbonyl (C=O) groups excluding carboxylic acids is 2. The van der Waals surface area contributed by atoms with Crippen molar-refractivity contribution in [2.75, 3.05) is 19.7 Å². The van der Waals surface area contributed by atoms with Crippen LogP contribution in [0.4, 0.5) is 0 Å². The number of ether oxygens (including phenoxy) is 1. The van der Waals surface area contributed by atoms with Gasteiger partial charge in [-0.25, -0.2) is 4.79 Å². The van der Waals surface area contributed by atoms with Crippen molar-refractivity contribution in [3.05, 3.63) is 11.3 Å². The van der Waals surface area contributed by atoms with Gasteiger partial charge < -0.3 is 15.4 Å². The van der Waals surface area contributed by atoms with E-state index in [1.165, 1.54) is 0 Å². The Morgan fingerprint density at radius 1 is 1.15 bits per heavy atom. The Morgan fingerprint density at radius 3 is 2.54 bits per heavy atom. The minimum atomic E-state index is -0.375. The second-order valence-corrected chi connectivity index (χ2v) is 2.92. The van der Waals surface area contributed by atoms with Crippen LogP contribution in [0.3, 0.4) is 0 Å². The summed E-state index contributed by atoms with van der Waals surface area (Å²) in [4.78, 5) is 22.4. The fourth-order valence-electron chi connectivity index (χ4n) is 1.44.